The lowest BCUT2D eigenvalue weighted by molar-refractivity contribution is 0.0718. The molecule has 0 saturated carbocycles. The molecular formula is C31H37NO6. The topological polar surface area (TPSA) is 84.0 Å². The van der Waals surface area contributed by atoms with Crippen molar-refractivity contribution in [2.75, 3.05) is 13.2 Å². The predicted octanol–water partition coefficient (Wildman–Crippen LogP) is 7.44. The lowest BCUT2D eigenvalue weighted by Gasteiger charge is -2.09. The van der Waals surface area contributed by atoms with Crippen molar-refractivity contribution in [1.82, 2.24) is 4.98 Å². The summed E-state index contributed by atoms with van der Waals surface area (Å²) in [4.78, 5) is 29.2. The standard InChI is InChI=1S/C31H37NO6/c1-3-5-7-9-22-35-26-18-14-24(15-19-26)30(33)37-28-12-11-13-29(32-28)38-31(34)25-16-20-27(21-17-25)36-23-10-8-6-4-2/h11-21H,3-10,22-23H2,1-2H3. The normalized spacial score (nSPS) is 10.6. The molecule has 0 N–H and O–H groups in total. The van der Waals surface area contributed by atoms with Gasteiger partial charge in [-0.2, -0.15) is 4.98 Å². The number of carbonyl (C=O) groups is 2. The number of carbonyl (C=O) groups excluding carboxylic acids is 2. The molecule has 0 aliphatic rings. The molecule has 0 atom stereocenters. The molecule has 3 aromatic rings. The zero-order chi connectivity index (χ0) is 27.0. The van der Waals surface area contributed by atoms with E-state index in [1.54, 1.807) is 54.6 Å². The molecule has 1 heterocycles. The molecule has 0 radical (unpaired) electrons. The fourth-order valence-corrected chi connectivity index (χ4v) is 3.63. The van der Waals surface area contributed by atoms with Crippen LogP contribution in [0.5, 0.6) is 23.3 Å². The van der Waals surface area contributed by atoms with Crippen molar-refractivity contribution in [2.45, 2.75) is 65.2 Å². The largest absolute Gasteiger partial charge is 0.494 e. The van der Waals surface area contributed by atoms with E-state index in [9.17, 15) is 9.59 Å². The summed E-state index contributed by atoms with van der Waals surface area (Å²) >= 11 is 0. The minimum atomic E-state index is -0.569. The molecule has 0 aliphatic heterocycles. The second-order valence-corrected chi connectivity index (χ2v) is 8.96. The van der Waals surface area contributed by atoms with Gasteiger partial charge in [0, 0.05) is 12.1 Å². The summed E-state index contributed by atoms with van der Waals surface area (Å²) in [6.45, 7) is 5.64. The molecule has 0 fully saturated rings. The van der Waals surface area contributed by atoms with Crippen LogP contribution in [0.15, 0.2) is 66.7 Å². The van der Waals surface area contributed by atoms with Crippen molar-refractivity contribution < 1.29 is 28.5 Å². The van der Waals surface area contributed by atoms with Crippen molar-refractivity contribution >= 4 is 11.9 Å². The Bertz CT molecular complexity index is 1040. The minimum absolute atomic E-state index is 0.0309. The maximum absolute atomic E-state index is 12.5. The first-order valence-corrected chi connectivity index (χ1v) is 13.5. The number of hydrogen-bond donors (Lipinski definition) is 0. The number of ether oxygens (including phenoxy) is 4. The van der Waals surface area contributed by atoms with Gasteiger partial charge in [0.1, 0.15) is 11.5 Å². The van der Waals surface area contributed by atoms with E-state index in [1.807, 2.05) is 0 Å². The maximum Gasteiger partial charge on any atom is 0.344 e. The minimum Gasteiger partial charge on any atom is -0.494 e. The highest BCUT2D eigenvalue weighted by atomic mass is 16.6. The number of hydrogen-bond acceptors (Lipinski definition) is 7. The number of esters is 2. The van der Waals surface area contributed by atoms with Gasteiger partial charge in [0.2, 0.25) is 11.8 Å². The molecule has 38 heavy (non-hydrogen) atoms. The van der Waals surface area contributed by atoms with E-state index in [4.69, 9.17) is 18.9 Å². The zero-order valence-electron chi connectivity index (χ0n) is 22.3. The van der Waals surface area contributed by atoms with Crippen molar-refractivity contribution in [2.24, 2.45) is 0 Å². The number of unbranched alkanes of at least 4 members (excludes halogenated alkanes) is 6. The molecule has 3 rings (SSSR count). The van der Waals surface area contributed by atoms with Crippen LogP contribution in [0, 0.1) is 0 Å². The quantitative estimate of drug-likeness (QED) is 0.144. The monoisotopic (exact) mass is 519 g/mol. The molecule has 7 nitrogen and oxygen atoms in total. The fraction of sp³-hybridized carbons (Fsp3) is 0.387. The van der Waals surface area contributed by atoms with Gasteiger partial charge in [0.05, 0.1) is 24.3 Å². The van der Waals surface area contributed by atoms with Crippen LogP contribution in [0.2, 0.25) is 0 Å². The molecule has 0 unspecified atom stereocenters. The molecule has 0 saturated heterocycles. The van der Waals surface area contributed by atoms with Gasteiger partial charge in [-0.3, -0.25) is 0 Å². The van der Waals surface area contributed by atoms with E-state index >= 15 is 0 Å². The van der Waals surface area contributed by atoms with Gasteiger partial charge < -0.3 is 18.9 Å². The van der Waals surface area contributed by atoms with E-state index in [1.165, 1.54) is 37.8 Å². The first-order chi connectivity index (χ1) is 18.6. The lowest BCUT2D eigenvalue weighted by Crippen LogP contribution is -2.12. The number of pyridine rings is 1. The Balaban J connectivity index is 1.48. The van der Waals surface area contributed by atoms with Crippen LogP contribution < -0.4 is 18.9 Å². The van der Waals surface area contributed by atoms with E-state index < -0.39 is 11.9 Å². The summed E-state index contributed by atoms with van der Waals surface area (Å²) < 4.78 is 22.2. The highest BCUT2D eigenvalue weighted by Gasteiger charge is 2.13. The van der Waals surface area contributed by atoms with Gasteiger partial charge >= 0.3 is 11.9 Å². The second-order valence-electron chi connectivity index (χ2n) is 8.96. The number of nitrogens with zero attached hydrogens (tertiary/aromatic N) is 1. The Morgan fingerprint density at radius 3 is 1.39 bits per heavy atom. The van der Waals surface area contributed by atoms with E-state index in [-0.39, 0.29) is 11.8 Å². The third-order valence-corrected chi connectivity index (χ3v) is 5.81. The first kappa shape index (κ1) is 28.7. The Kier molecular flexibility index (Phi) is 12.1. The second kappa shape index (κ2) is 16.1. The van der Waals surface area contributed by atoms with Gasteiger partial charge in [0.15, 0.2) is 0 Å². The Labute approximate surface area is 225 Å². The molecule has 0 spiro atoms. The third kappa shape index (κ3) is 9.88. The maximum atomic E-state index is 12.5. The van der Waals surface area contributed by atoms with Gasteiger partial charge in [-0.25, -0.2) is 9.59 Å². The average molecular weight is 520 g/mol. The molecule has 0 bridgehead atoms. The average Bonchev–Trinajstić information content (AvgIpc) is 2.93. The van der Waals surface area contributed by atoms with Crippen LogP contribution in [0.4, 0.5) is 0 Å². The van der Waals surface area contributed by atoms with E-state index in [2.05, 4.69) is 18.8 Å². The molecular weight excluding hydrogens is 482 g/mol. The molecule has 7 heteroatoms. The van der Waals surface area contributed by atoms with Gasteiger partial charge in [-0.15, -0.1) is 0 Å². The van der Waals surface area contributed by atoms with E-state index in [0.29, 0.717) is 35.8 Å². The van der Waals surface area contributed by atoms with Crippen LogP contribution in [0.25, 0.3) is 0 Å². The van der Waals surface area contributed by atoms with Crippen molar-refractivity contribution in [1.29, 1.82) is 0 Å². The molecule has 0 amide bonds. The first-order valence-electron chi connectivity index (χ1n) is 13.5. The summed E-state index contributed by atoms with van der Waals surface area (Å²) in [5, 5.41) is 0. The molecule has 0 aliphatic carbocycles. The van der Waals surface area contributed by atoms with Crippen LogP contribution in [-0.4, -0.2) is 30.1 Å². The van der Waals surface area contributed by atoms with Gasteiger partial charge in [0.25, 0.3) is 0 Å². The van der Waals surface area contributed by atoms with Crippen molar-refractivity contribution in [3.05, 3.63) is 77.9 Å². The predicted molar refractivity (Wildman–Crippen MR) is 146 cm³/mol. The zero-order valence-corrected chi connectivity index (χ0v) is 22.3. The molecule has 202 valence electrons. The third-order valence-electron chi connectivity index (χ3n) is 5.81. The number of aromatic nitrogens is 1. The summed E-state index contributed by atoms with van der Waals surface area (Å²) in [5.74, 6) is 0.335. The SMILES string of the molecule is CCCCCCOc1ccc(C(=O)Oc2cccc(OC(=O)c3ccc(OCCCCCC)cc3)n2)cc1. The van der Waals surface area contributed by atoms with Crippen LogP contribution in [0.3, 0.4) is 0 Å². The molecule has 1 aromatic heterocycles. The smallest absolute Gasteiger partial charge is 0.344 e. The Morgan fingerprint density at radius 1 is 0.579 bits per heavy atom. The Hall–Kier alpha value is -3.87. The summed E-state index contributed by atoms with van der Waals surface area (Å²) in [5.41, 5.74) is 0.723. The summed E-state index contributed by atoms with van der Waals surface area (Å²) in [6, 6.07) is 18.2. The van der Waals surface area contributed by atoms with Gasteiger partial charge in [-0.05, 0) is 61.4 Å². The number of benzene rings is 2. The summed E-state index contributed by atoms with van der Waals surface area (Å²) in [7, 11) is 0. The summed E-state index contributed by atoms with van der Waals surface area (Å²) in [6.07, 6.45) is 9.05. The van der Waals surface area contributed by atoms with Crippen LogP contribution >= 0.6 is 0 Å². The lowest BCUT2D eigenvalue weighted by atomic mass is 10.2. The van der Waals surface area contributed by atoms with Crippen LogP contribution in [-0.2, 0) is 0 Å². The van der Waals surface area contributed by atoms with Crippen LogP contribution in [0.1, 0.15) is 85.9 Å². The number of rotatable bonds is 16. The highest BCUT2D eigenvalue weighted by Crippen LogP contribution is 2.19. The fourth-order valence-electron chi connectivity index (χ4n) is 3.63. The molecule has 2 aromatic carbocycles. The van der Waals surface area contributed by atoms with Crippen molar-refractivity contribution in [3.63, 3.8) is 0 Å². The highest BCUT2D eigenvalue weighted by molar-refractivity contribution is 5.91. The van der Waals surface area contributed by atoms with Gasteiger partial charge in [-0.1, -0.05) is 58.4 Å². The Morgan fingerprint density at radius 2 is 1.00 bits per heavy atom. The van der Waals surface area contributed by atoms with Crippen molar-refractivity contribution in [3.8, 4) is 23.3 Å². The van der Waals surface area contributed by atoms with E-state index in [0.717, 1.165) is 25.7 Å².